The zero-order valence-electron chi connectivity index (χ0n) is 9.40. The van der Waals surface area contributed by atoms with E-state index in [9.17, 15) is 4.79 Å². The first-order chi connectivity index (χ1) is 7.66. The summed E-state index contributed by atoms with van der Waals surface area (Å²) in [4.78, 5) is 14.7. The first kappa shape index (κ1) is 11.4. The van der Waals surface area contributed by atoms with Crippen LogP contribution in [-0.2, 0) is 0 Å². The minimum Gasteiger partial charge on any atom is -0.397 e. The number of hydrogen-bond acceptors (Lipinski definition) is 4. The van der Waals surface area contributed by atoms with Crippen molar-refractivity contribution in [1.29, 1.82) is 0 Å². The van der Waals surface area contributed by atoms with Gasteiger partial charge in [0.15, 0.2) is 0 Å². The number of nitrogen functional groups attached to an aromatic ring is 1. The Labute approximate surface area is 99.4 Å². The Morgan fingerprint density at radius 2 is 2.56 bits per heavy atom. The summed E-state index contributed by atoms with van der Waals surface area (Å²) >= 11 is 1.39. The van der Waals surface area contributed by atoms with Crippen LogP contribution >= 0.6 is 11.3 Å². The Kier molecular flexibility index (Phi) is 3.46. The lowest BCUT2D eigenvalue weighted by Gasteiger charge is -2.11. The monoisotopic (exact) mass is 239 g/mol. The first-order valence-electron chi connectivity index (χ1n) is 5.46. The van der Waals surface area contributed by atoms with Gasteiger partial charge < -0.3 is 16.0 Å². The van der Waals surface area contributed by atoms with Crippen molar-refractivity contribution in [2.45, 2.75) is 6.42 Å². The molecule has 1 aromatic rings. The predicted octanol–water partition coefficient (Wildman–Crippen LogP) is 1.01. The molecule has 1 aromatic heterocycles. The summed E-state index contributed by atoms with van der Waals surface area (Å²) in [7, 11) is 2.11. The third kappa shape index (κ3) is 2.54. The summed E-state index contributed by atoms with van der Waals surface area (Å²) in [6, 6.07) is 1.77. The molecule has 4 nitrogen and oxygen atoms in total. The van der Waals surface area contributed by atoms with Crippen molar-refractivity contribution in [3.8, 4) is 0 Å². The molecular formula is C11H17N3OS. The number of nitrogens with one attached hydrogen (secondary N) is 1. The van der Waals surface area contributed by atoms with E-state index >= 15 is 0 Å². The number of nitrogens with zero attached hydrogens (tertiary/aromatic N) is 1. The van der Waals surface area contributed by atoms with E-state index < -0.39 is 0 Å². The van der Waals surface area contributed by atoms with Crippen LogP contribution in [0.15, 0.2) is 11.4 Å². The number of amides is 1. The lowest BCUT2D eigenvalue weighted by atomic mass is 10.1. The van der Waals surface area contributed by atoms with Crippen LogP contribution in [0.3, 0.4) is 0 Å². The van der Waals surface area contributed by atoms with Crippen molar-refractivity contribution in [3.63, 3.8) is 0 Å². The number of rotatable bonds is 3. The second-order valence-corrected chi connectivity index (χ2v) is 5.25. The average Bonchev–Trinajstić information content (AvgIpc) is 2.84. The Morgan fingerprint density at radius 3 is 3.12 bits per heavy atom. The molecule has 0 aromatic carbocycles. The van der Waals surface area contributed by atoms with Crippen LogP contribution in [-0.4, -0.2) is 37.5 Å². The summed E-state index contributed by atoms with van der Waals surface area (Å²) in [6.45, 7) is 2.95. The molecule has 1 aliphatic rings. The zero-order chi connectivity index (χ0) is 11.5. The van der Waals surface area contributed by atoms with Crippen molar-refractivity contribution in [2.24, 2.45) is 5.92 Å². The average molecular weight is 239 g/mol. The Bertz CT molecular complexity index is 377. The van der Waals surface area contributed by atoms with E-state index in [0.29, 0.717) is 16.5 Å². The van der Waals surface area contributed by atoms with E-state index in [4.69, 9.17) is 5.73 Å². The highest BCUT2D eigenvalue weighted by molar-refractivity contribution is 7.12. The molecular weight excluding hydrogens is 222 g/mol. The number of anilines is 1. The largest absolute Gasteiger partial charge is 0.397 e. The molecule has 3 N–H and O–H groups in total. The van der Waals surface area contributed by atoms with Gasteiger partial charge in [0.1, 0.15) is 4.88 Å². The number of carbonyl (C=O) groups is 1. The quantitative estimate of drug-likeness (QED) is 0.827. The normalized spacial score (nSPS) is 21.2. The third-order valence-corrected chi connectivity index (χ3v) is 3.87. The molecule has 0 spiro atoms. The van der Waals surface area contributed by atoms with Gasteiger partial charge in [0, 0.05) is 13.1 Å². The van der Waals surface area contributed by atoms with Crippen molar-refractivity contribution >= 4 is 22.9 Å². The molecule has 0 saturated carbocycles. The minimum atomic E-state index is -0.0398. The fourth-order valence-corrected chi connectivity index (χ4v) is 2.75. The molecule has 0 bridgehead atoms. The van der Waals surface area contributed by atoms with Crippen molar-refractivity contribution in [2.75, 3.05) is 32.4 Å². The van der Waals surface area contributed by atoms with Crippen LogP contribution < -0.4 is 11.1 Å². The van der Waals surface area contributed by atoms with E-state index in [1.54, 1.807) is 6.07 Å². The summed E-state index contributed by atoms with van der Waals surface area (Å²) in [5.74, 6) is 0.539. The smallest absolute Gasteiger partial charge is 0.263 e. The zero-order valence-corrected chi connectivity index (χ0v) is 10.2. The van der Waals surface area contributed by atoms with Crippen LogP contribution in [0.4, 0.5) is 5.69 Å². The van der Waals surface area contributed by atoms with E-state index in [2.05, 4.69) is 17.3 Å². The summed E-state index contributed by atoms with van der Waals surface area (Å²) in [5, 5.41) is 4.79. The highest BCUT2D eigenvalue weighted by Gasteiger charge is 2.20. The Morgan fingerprint density at radius 1 is 1.75 bits per heavy atom. The van der Waals surface area contributed by atoms with Crippen molar-refractivity contribution in [1.82, 2.24) is 10.2 Å². The molecule has 1 atom stereocenters. The van der Waals surface area contributed by atoms with Gasteiger partial charge in [-0.3, -0.25) is 4.79 Å². The van der Waals surface area contributed by atoms with Gasteiger partial charge in [0.25, 0.3) is 5.91 Å². The molecule has 88 valence electrons. The molecule has 0 radical (unpaired) electrons. The SMILES string of the molecule is CN1CCC(CNC(=O)c2sccc2N)C1. The van der Waals surface area contributed by atoms with Gasteiger partial charge in [-0.15, -0.1) is 11.3 Å². The summed E-state index contributed by atoms with van der Waals surface area (Å²) < 4.78 is 0. The lowest BCUT2D eigenvalue weighted by molar-refractivity contribution is 0.0952. The molecule has 1 saturated heterocycles. The third-order valence-electron chi connectivity index (χ3n) is 2.94. The molecule has 1 aliphatic heterocycles. The molecule has 1 amide bonds. The second kappa shape index (κ2) is 4.84. The van der Waals surface area contributed by atoms with Crippen LogP contribution in [0.5, 0.6) is 0 Å². The highest BCUT2D eigenvalue weighted by atomic mass is 32.1. The van der Waals surface area contributed by atoms with Gasteiger partial charge >= 0.3 is 0 Å². The molecule has 0 aliphatic carbocycles. The van der Waals surface area contributed by atoms with Gasteiger partial charge in [-0.1, -0.05) is 0 Å². The van der Waals surface area contributed by atoms with E-state index in [0.717, 1.165) is 26.1 Å². The number of carbonyl (C=O) groups excluding carboxylic acids is 1. The van der Waals surface area contributed by atoms with E-state index in [-0.39, 0.29) is 5.91 Å². The molecule has 2 rings (SSSR count). The fourth-order valence-electron chi connectivity index (χ4n) is 2.01. The maximum Gasteiger partial charge on any atom is 0.263 e. The predicted molar refractivity (Wildman–Crippen MR) is 66.7 cm³/mol. The van der Waals surface area contributed by atoms with Gasteiger partial charge in [-0.25, -0.2) is 0 Å². The van der Waals surface area contributed by atoms with E-state index in [1.807, 2.05) is 5.38 Å². The number of hydrogen-bond donors (Lipinski definition) is 2. The van der Waals surface area contributed by atoms with Gasteiger partial charge in [-0.2, -0.15) is 0 Å². The van der Waals surface area contributed by atoms with Crippen molar-refractivity contribution in [3.05, 3.63) is 16.3 Å². The van der Waals surface area contributed by atoms with Crippen LogP contribution in [0.25, 0.3) is 0 Å². The van der Waals surface area contributed by atoms with Crippen LogP contribution in [0.1, 0.15) is 16.1 Å². The molecule has 5 heteroatoms. The minimum absolute atomic E-state index is 0.0398. The van der Waals surface area contributed by atoms with Crippen LogP contribution in [0.2, 0.25) is 0 Å². The van der Waals surface area contributed by atoms with Gasteiger partial charge in [-0.05, 0) is 37.4 Å². The second-order valence-electron chi connectivity index (χ2n) is 4.33. The number of nitrogens with two attached hydrogens (primary N) is 1. The molecule has 2 heterocycles. The lowest BCUT2D eigenvalue weighted by Crippen LogP contribution is -2.30. The maximum absolute atomic E-state index is 11.8. The van der Waals surface area contributed by atoms with E-state index in [1.165, 1.54) is 11.3 Å². The van der Waals surface area contributed by atoms with Crippen LogP contribution in [0, 0.1) is 5.92 Å². The van der Waals surface area contributed by atoms with Gasteiger partial charge in [0.05, 0.1) is 5.69 Å². The van der Waals surface area contributed by atoms with Crippen molar-refractivity contribution < 1.29 is 4.79 Å². The number of likely N-dealkylation sites (tertiary alicyclic amines) is 1. The summed E-state index contributed by atoms with van der Waals surface area (Å²) in [5.41, 5.74) is 6.26. The molecule has 16 heavy (non-hydrogen) atoms. The number of thiophene rings is 1. The fraction of sp³-hybridized carbons (Fsp3) is 0.545. The molecule has 1 unspecified atom stereocenters. The summed E-state index contributed by atoms with van der Waals surface area (Å²) in [6.07, 6.45) is 1.16. The Balaban J connectivity index is 1.82. The van der Waals surface area contributed by atoms with Gasteiger partial charge in [0.2, 0.25) is 0 Å². The topological polar surface area (TPSA) is 58.4 Å². The highest BCUT2D eigenvalue weighted by Crippen LogP contribution is 2.19. The first-order valence-corrected chi connectivity index (χ1v) is 6.34. The Hall–Kier alpha value is -1.07. The standard InChI is InChI=1S/C11H17N3OS/c1-14-4-2-8(7-14)6-13-11(15)10-9(12)3-5-16-10/h3,5,8H,2,4,6-7,12H2,1H3,(H,13,15). The maximum atomic E-state index is 11.8. The molecule has 1 fully saturated rings.